The van der Waals surface area contributed by atoms with Crippen LogP contribution in [0, 0.1) is 6.92 Å². The zero-order valence-corrected chi connectivity index (χ0v) is 12.4. The molecule has 1 heterocycles. The Hall–Kier alpha value is -1.21. The van der Waals surface area contributed by atoms with Crippen molar-refractivity contribution in [3.05, 3.63) is 17.0 Å². The molecule has 0 bridgehead atoms. The third kappa shape index (κ3) is 5.12. The molecule has 1 aromatic heterocycles. The first-order valence-corrected chi connectivity index (χ1v) is 8.03. The summed E-state index contributed by atoms with van der Waals surface area (Å²) in [6.07, 6.45) is 2.66. The lowest BCUT2D eigenvalue weighted by Gasteiger charge is -2.12. The Morgan fingerprint density at radius 1 is 1.26 bits per heavy atom. The Morgan fingerprint density at radius 2 is 1.95 bits per heavy atom. The molecule has 6 nitrogen and oxygen atoms in total. The summed E-state index contributed by atoms with van der Waals surface area (Å²) >= 11 is 0. The summed E-state index contributed by atoms with van der Waals surface area (Å²) in [5.74, 6) is -0.0627. The molecule has 0 atom stereocenters. The Bertz CT molecular complexity index is 529. The van der Waals surface area contributed by atoms with Crippen LogP contribution in [0.15, 0.2) is 0 Å². The second-order valence-corrected chi connectivity index (χ2v) is 5.87. The molecule has 0 aliphatic heterocycles. The number of aromatic nitrogens is 2. The molecule has 0 spiro atoms. The van der Waals surface area contributed by atoms with E-state index in [1.165, 1.54) is 0 Å². The summed E-state index contributed by atoms with van der Waals surface area (Å²) in [7, 11) is -4.09. The van der Waals surface area contributed by atoms with E-state index in [0.717, 1.165) is 30.5 Å². The Kier molecular flexibility index (Phi) is 5.68. The summed E-state index contributed by atoms with van der Waals surface area (Å²) in [6, 6.07) is 0. The maximum Gasteiger partial charge on any atom is 0.270 e. The molecule has 7 heteroatoms. The summed E-state index contributed by atoms with van der Waals surface area (Å²) in [5.41, 5.74) is 1.97. The van der Waals surface area contributed by atoms with Gasteiger partial charge in [-0.1, -0.05) is 13.3 Å². The molecule has 0 fully saturated rings. The highest BCUT2D eigenvalue weighted by atomic mass is 32.2. The average molecular weight is 287 g/mol. The Labute approximate surface area is 114 Å². The molecule has 0 amide bonds. The van der Waals surface area contributed by atoms with Crippen LogP contribution < -0.4 is 5.32 Å². The van der Waals surface area contributed by atoms with Gasteiger partial charge in [0.1, 0.15) is 5.75 Å². The molecule has 0 aromatic carbocycles. The lowest BCUT2D eigenvalue weighted by molar-refractivity contribution is 0.481. The lowest BCUT2D eigenvalue weighted by Crippen LogP contribution is -2.13. The van der Waals surface area contributed by atoms with Crippen molar-refractivity contribution >= 4 is 16.1 Å². The quantitative estimate of drug-likeness (QED) is 0.745. The van der Waals surface area contributed by atoms with Crippen molar-refractivity contribution in [2.45, 2.75) is 45.8 Å². The molecule has 1 aromatic rings. The van der Waals surface area contributed by atoms with Gasteiger partial charge in [-0.2, -0.15) is 8.42 Å². The molecule has 1 rings (SSSR count). The van der Waals surface area contributed by atoms with Crippen LogP contribution >= 0.6 is 0 Å². The first kappa shape index (κ1) is 15.8. The summed E-state index contributed by atoms with van der Waals surface area (Å²) in [4.78, 5) is 8.51. The number of anilines is 1. The molecule has 19 heavy (non-hydrogen) atoms. The van der Waals surface area contributed by atoms with Gasteiger partial charge in [0.2, 0.25) is 5.95 Å². The molecule has 0 saturated carbocycles. The van der Waals surface area contributed by atoms with E-state index in [1.54, 1.807) is 0 Å². The molecule has 0 unspecified atom stereocenters. The number of nitrogens with one attached hydrogen (secondary N) is 1. The predicted molar refractivity (Wildman–Crippen MR) is 74.8 cm³/mol. The van der Waals surface area contributed by atoms with E-state index in [9.17, 15) is 8.42 Å². The summed E-state index contributed by atoms with van der Waals surface area (Å²) in [5, 5.41) is 2.96. The largest absolute Gasteiger partial charge is 0.354 e. The number of hydrogen-bond donors (Lipinski definition) is 2. The number of unbranched alkanes of at least 4 members (excludes halogenated alkanes) is 1. The van der Waals surface area contributed by atoms with Crippen LogP contribution in [-0.4, -0.2) is 29.5 Å². The predicted octanol–water partition coefficient (Wildman–Crippen LogP) is 1.95. The Balaban J connectivity index is 3.18. The minimum absolute atomic E-state index is 0.388. The van der Waals surface area contributed by atoms with Gasteiger partial charge in [0.25, 0.3) is 10.1 Å². The molecule has 0 radical (unpaired) electrons. The number of nitrogens with zero attached hydrogens (tertiary/aromatic N) is 2. The fourth-order valence-electron chi connectivity index (χ4n) is 1.86. The van der Waals surface area contributed by atoms with Crippen LogP contribution in [0.1, 0.15) is 43.6 Å². The normalized spacial score (nSPS) is 11.6. The van der Waals surface area contributed by atoms with Crippen molar-refractivity contribution in [2.24, 2.45) is 0 Å². The van der Waals surface area contributed by atoms with E-state index >= 15 is 0 Å². The van der Waals surface area contributed by atoms with Crippen molar-refractivity contribution < 1.29 is 13.0 Å². The summed E-state index contributed by atoms with van der Waals surface area (Å²) < 4.78 is 31.2. The van der Waals surface area contributed by atoms with Crippen LogP contribution in [0.2, 0.25) is 0 Å². The molecule has 2 N–H and O–H groups in total. The van der Waals surface area contributed by atoms with Gasteiger partial charge in [0.05, 0.1) is 5.69 Å². The van der Waals surface area contributed by atoms with Gasteiger partial charge in [-0.15, -0.1) is 0 Å². The SMILES string of the molecule is CCCCc1c(C)nc(NCC)nc1CS(=O)(=O)O. The van der Waals surface area contributed by atoms with Crippen molar-refractivity contribution in [2.75, 3.05) is 11.9 Å². The van der Waals surface area contributed by atoms with Gasteiger partial charge >= 0.3 is 0 Å². The van der Waals surface area contributed by atoms with Gasteiger partial charge < -0.3 is 5.32 Å². The average Bonchev–Trinajstić information content (AvgIpc) is 2.26. The highest BCUT2D eigenvalue weighted by Crippen LogP contribution is 2.18. The first-order chi connectivity index (χ1) is 8.87. The summed E-state index contributed by atoms with van der Waals surface area (Å²) in [6.45, 7) is 6.46. The van der Waals surface area contributed by atoms with E-state index in [0.29, 0.717) is 18.2 Å². The smallest absolute Gasteiger partial charge is 0.270 e. The fraction of sp³-hybridized carbons (Fsp3) is 0.667. The van der Waals surface area contributed by atoms with Crippen molar-refractivity contribution in [1.82, 2.24) is 9.97 Å². The highest BCUT2D eigenvalue weighted by molar-refractivity contribution is 7.85. The topological polar surface area (TPSA) is 92.2 Å². The standard InChI is InChI=1S/C12H21N3O3S/c1-4-6-7-10-9(3)14-12(13-5-2)15-11(10)8-19(16,17)18/h4-8H2,1-3H3,(H,13,14,15)(H,16,17,18). The van der Waals surface area contributed by atoms with Crippen LogP contribution in [0.3, 0.4) is 0 Å². The van der Waals surface area contributed by atoms with Gasteiger partial charge in [-0.05, 0) is 32.3 Å². The van der Waals surface area contributed by atoms with E-state index in [1.807, 2.05) is 13.8 Å². The maximum atomic E-state index is 11.1. The fourth-order valence-corrected chi connectivity index (χ4v) is 2.45. The zero-order valence-electron chi connectivity index (χ0n) is 11.6. The third-order valence-corrected chi connectivity index (χ3v) is 3.37. The number of hydrogen-bond acceptors (Lipinski definition) is 5. The maximum absolute atomic E-state index is 11.1. The first-order valence-electron chi connectivity index (χ1n) is 6.42. The molecular formula is C12H21N3O3S. The number of rotatable bonds is 7. The van der Waals surface area contributed by atoms with Crippen LogP contribution in [0.4, 0.5) is 5.95 Å². The second kappa shape index (κ2) is 6.81. The van der Waals surface area contributed by atoms with E-state index in [2.05, 4.69) is 22.2 Å². The van der Waals surface area contributed by atoms with E-state index in [-0.39, 0.29) is 0 Å². The molecular weight excluding hydrogens is 266 g/mol. The second-order valence-electron chi connectivity index (χ2n) is 4.42. The van der Waals surface area contributed by atoms with Crippen molar-refractivity contribution in [3.8, 4) is 0 Å². The minimum Gasteiger partial charge on any atom is -0.354 e. The van der Waals surface area contributed by atoms with Crippen molar-refractivity contribution in [3.63, 3.8) is 0 Å². The lowest BCUT2D eigenvalue weighted by atomic mass is 10.1. The van der Waals surface area contributed by atoms with E-state index < -0.39 is 15.9 Å². The van der Waals surface area contributed by atoms with E-state index in [4.69, 9.17) is 4.55 Å². The molecule has 108 valence electrons. The van der Waals surface area contributed by atoms with Gasteiger partial charge in [0, 0.05) is 12.2 Å². The molecule has 0 aliphatic carbocycles. The number of aryl methyl sites for hydroxylation is 1. The van der Waals surface area contributed by atoms with Crippen LogP contribution in [0.25, 0.3) is 0 Å². The van der Waals surface area contributed by atoms with Gasteiger partial charge in [-0.25, -0.2) is 9.97 Å². The zero-order chi connectivity index (χ0) is 14.5. The highest BCUT2D eigenvalue weighted by Gasteiger charge is 2.16. The van der Waals surface area contributed by atoms with Gasteiger partial charge in [0.15, 0.2) is 0 Å². The van der Waals surface area contributed by atoms with Crippen LogP contribution in [-0.2, 0) is 22.3 Å². The molecule has 0 saturated heterocycles. The van der Waals surface area contributed by atoms with Crippen molar-refractivity contribution in [1.29, 1.82) is 0 Å². The molecule has 0 aliphatic rings. The third-order valence-electron chi connectivity index (χ3n) is 2.73. The van der Waals surface area contributed by atoms with Crippen LogP contribution in [0.5, 0.6) is 0 Å². The monoisotopic (exact) mass is 287 g/mol. The Morgan fingerprint density at radius 3 is 2.47 bits per heavy atom. The minimum atomic E-state index is -4.09. The van der Waals surface area contributed by atoms with Gasteiger partial charge in [-0.3, -0.25) is 4.55 Å².